The number of likely N-dealkylation sites (tertiary alicyclic amines) is 1. The Morgan fingerprint density at radius 1 is 1.07 bits per heavy atom. The summed E-state index contributed by atoms with van der Waals surface area (Å²) < 4.78 is 1.70. The molecule has 1 fully saturated rings. The highest BCUT2D eigenvalue weighted by Gasteiger charge is 2.17. The SMILES string of the molecule is CCn1nc(C(=O)NCc2cccc(CN3CCCC3)c2)c(=O)c2ccccc21. The van der Waals surface area contributed by atoms with Gasteiger partial charge >= 0.3 is 0 Å². The fourth-order valence-electron chi connectivity index (χ4n) is 3.93. The monoisotopic (exact) mass is 390 g/mol. The van der Waals surface area contributed by atoms with Crippen LogP contribution in [0, 0.1) is 0 Å². The number of fused-ring (bicyclic) bond motifs is 1. The molecule has 0 radical (unpaired) electrons. The van der Waals surface area contributed by atoms with Gasteiger partial charge in [0.05, 0.1) is 5.52 Å². The van der Waals surface area contributed by atoms with E-state index in [1.807, 2.05) is 31.2 Å². The van der Waals surface area contributed by atoms with Crippen LogP contribution in [0.1, 0.15) is 41.4 Å². The number of para-hydroxylation sites is 1. The zero-order chi connectivity index (χ0) is 20.2. The molecule has 0 unspecified atom stereocenters. The Kier molecular flexibility index (Phi) is 5.71. The molecule has 3 aromatic rings. The molecule has 1 aliphatic rings. The summed E-state index contributed by atoms with van der Waals surface area (Å²) in [6.07, 6.45) is 2.54. The van der Waals surface area contributed by atoms with Gasteiger partial charge in [0.2, 0.25) is 5.43 Å². The van der Waals surface area contributed by atoms with Gasteiger partial charge in [0, 0.05) is 25.0 Å². The van der Waals surface area contributed by atoms with Crippen LogP contribution in [0.5, 0.6) is 0 Å². The minimum Gasteiger partial charge on any atom is -0.346 e. The smallest absolute Gasteiger partial charge is 0.276 e. The lowest BCUT2D eigenvalue weighted by Gasteiger charge is -2.15. The maximum Gasteiger partial charge on any atom is 0.276 e. The van der Waals surface area contributed by atoms with E-state index in [1.54, 1.807) is 16.8 Å². The molecule has 0 aliphatic carbocycles. The number of carbonyl (C=O) groups is 1. The number of aryl methyl sites for hydroxylation is 1. The summed E-state index contributed by atoms with van der Waals surface area (Å²) in [5.41, 5.74) is 2.62. The molecule has 1 N–H and O–H groups in total. The summed E-state index contributed by atoms with van der Waals surface area (Å²) in [6.45, 7) is 6.13. The first kappa shape index (κ1) is 19.3. The highest BCUT2D eigenvalue weighted by atomic mass is 16.2. The molecule has 2 heterocycles. The minimum absolute atomic E-state index is 0.0567. The summed E-state index contributed by atoms with van der Waals surface area (Å²) in [4.78, 5) is 27.9. The molecule has 0 spiro atoms. The fraction of sp³-hybridized carbons (Fsp3) is 0.348. The third-order valence-electron chi connectivity index (χ3n) is 5.43. The van der Waals surface area contributed by atoms with Gasteiger partial charge in [-0.1, -0.05) is 36.4 Å². The van der Waals surface area contributed by atoms with Gasteiger partial charge < -0.3 is 5.32 Å². The van der Waals surface area contributed by atoms with E-state index in [2.05, 4.69) is 27.4 Å². The number of benzene rings is 2. The van der Waals surface area contributed by atoms with Crippen molar-refractivity contribution in [3.63, 3.8) is 0 Å². The molecular formula is C23H26N4O2. The van der Waals surface area contributed by atoms with Crippen molar-refractivity contribution in [1.82, 2.24) is 20.0 Å². The van der Waals surface area contributed by atoms with E-state index in [9.17, 15) is 9.59 Å². The average molecular weight is 390 g/mol. The van der Waals surface area contributed by atoms with Crippen LogP contribution >= 0.6 is 0 Å². The standard InChI is InChI=1S/C23H26N4O2/c1-2-27-20-11-4-3-10-19(20)22(28)21(25-27)23(29)24-15-17-8-7-9-18(14-17)16-26-12-5-6-13-26/h3-4,7-11,14H,2,5-6,12-13,15-16H2,1H3,(H,24,29). The molecular weight excluding hydrogens is 364 g/mol. The molecule has 1 aliphatic heterocycles. The predicted octanol–water partition coefficient (Wildman–Crippen LogP) is 2.94. The molecule has 0 atom stereocenters. The molecule has 1 amide bonds. The maximum atomic E-state index is 12.8. The number of nitrogens with zero attached hydrogens (tertiary/aromatic N) is 3. The lowest BCUT2D eigenvalue weighted by molar-refractivity contribution is 0.0942. The number of amides is 1. The third-order valence-corrected chi connectivity index (χ3v) is 5.43. The van der Waals surface area contributed by atoms with Gasteiger partial charge in [-0.15, -0.1) is 0 Å². The van der Waals surface area contributed by atoms with Crippen molar-refractivity contribution in [2.75, 3.05) is 13.1 Å². The lowest BCUT2D eigenvalue weighted by atomic mass is 10.1. The van der Waals surface area contributed by atoms with Crippen LogP contribution in [0.15, 0.2) is 53.3 Å². The minimum atomic E-state index is -0.437. The predicted molar refractivity (Wildman–Crippen MR) is 114 cm³/mol. The van der Waals surface area contributed by atoms with Gasteiger partial charge in [-0.25, -0.2) is 0 Å². The average Bonchev–Trinajstić information content (AvgIpc) is 3.26. The van der Waals surface area contributed by atoms with Gasteiger partial charge in [0.15, 0.2) is 5.69 Å². The Morgan fingerprint density at radius 2 is 1.83 bits per heavy atom. The second-order valence-electron chi connectivity index (χ2n) is 7.50. The fourth-order valence-corrected chi connectivity index (χ4v) is 3.93. The Balaban J connectivity index is 1.50. The molecule has 29 heavy (non-hydrogen) atoms. The lowest BCUT2D eigenvalue weighted by Crippen LogP contribution is -2.31. The van der Waals surface area contributed by atoms with Gasteiger partial charge in [0.25, 0.3) is 5.91 Å². The van der Waals surface area contributed by atoms with E-state index < -0.39 is 5.91 Å². The van der Waals surface area contributed by atoms with Crippen LogP contribution < -0.4 is 10.7 Å². The number of aromatic nitrogens is 2. The maximum absolute atomic E-state index is 12.8. The molecule has 150 valence electrons. The largest absolute Gasteiger partial charge is 0.346 e. The summed E-state index contributed by atoms with van der Waals surface area (Å²) in [6, 6.07) is 15.5. The van der Waals surface area contributed by atoms with Gasteiger partial charge in [-0.2, -0.15) is 5.10 Å². The zero-order valence-electron chi connectivity index (χ0n) is 16.7. The number of hydrogen-bond acceptors (Lipinski definition) is 4. The first-order valence-electron chi connectivity index (χ1n) is 10.2. The van der Waals surface area contributed by atoms with Crippen LogP contribution in [-0.4, -0.2) is 33.7 Å². The van der Waals surface area contributed by atoms with E-state index in [0.29, 0.717) is 18.5 Å². The quantitative estimate of drug-likeness (QED) is 0.703. The van der Waals surface area contributed by atoms with Crippen molar-refractivity contribution < 1.29 is 4.79 Å². The van der Waals surface area contributed by atoms with E-state index in [1.165, 1.54) is 18.4 Å². The van der Waals surface area contributed by atoms with Crippen molar-refractivity contribution in [2.24, 2.45) is 0 Å². The number of rotatable bonds is 6. The topological polar surface area (TPSA) is 67.2 Å². The second kappa shape index (κ2) is 8.57. The first-order valence-corrected chi connectivity index (χ1v) is 10.2. The Morgan fingerprint density at radius 3 is 2.62 bits per heavy atom. The third kappa shape index (κ3) is 4.22. The molecule has 0 saturated carbocycles. The van der Waals surface area contributed by atoms with E-state index in [-0.39, 0.29) is 11.1 Å². The summed E-state index contributed by atoms with van der Waals surface area (Å²) >= 11 is 0. The number of carbonyl (C=O) groups excluding carboxylic acids is 1. The van der Waals surface area contributed by atoms with Crippen molar-refractivity contribution in [3.8, 4) is 0 Å². The van der Waals surface area contributed by atoms with Crippen LogP contribution in [0.25, 0.3) is 10.9 Å². The van der Waals surface area contributed by atoms with Gasteiger partial charge in [0.1, 0.15) is 0 Å². The Bertz CT molecular complexity index is 1080. The summed E-state index contributed by atoms with van der Waals surface area (Å²) in [5, 5.41) is 7.68. The highest BCUT2D eigenvalue weighted by molar-refractivity contribution is 5.95. The molecule has 0 bridgehead atoms. The Labute approximate surface area is 170 Å². The van der Waals surface area contributed by atoms with Crippen LogP contribution in [0.3, 0.4) is 0 Å². The second-order valence-corrected chi connectivity index (χ2v) is 7.50. The van der Waals surface area contributed by atoms with Crippen molar-refractivity contribution in [3.05, 3.63) is 75.6 Å². The van der Waals surface area contributed by atoms with Crippen LogP contribution in [0.2, 0.25) is 0 Å². The van der Waals surface area contributed by atoms with Crippen LogP contribution in [0.4, 0.5) is 0 Å². The normalized spacial score (nSPS) is 14.4. The van der Waals surface area contributed by atoms with Crippen molar-refractivity contribution in [2.45, 2.75) is 39.4 Å². The molecule has 1 saturated heterocycles. The first-order chi connectivity index (χ1) is 14.2. The molecule has 6 heteroatoms. The van der Waals surface area contributed by atoms with E-state index in [0.717, 1.165) is 30.7 Å². The van der Waals surface area contributed by atoms with E-state index >= 15 is 0 Å². The summed E-state index contributed by atoms with van der Waals surface area (Å²) in [7, 11) is 0. The van der Waals surface area contributed by atoms with Gasteiger partial charge in [-0.05, 0) is 56.1 Å². The highest BCUT2D eigenvalue weighted by Crippen LogP contribution is 2.14. The van der Waals surface area contributed by atoms with Crippen molar-refractivity contribution in [1.29, 1.82) is 0 Å². The molecule has 2 aromatic carbocycles. The Hall–Kier alpha value is -2.99. The van der Waals surface area contributed by atoms with E-state index in [4.69, 9.17) is 0 Å². The van der Waals surface area contributed by atoms with Crippen LogP contribution in [-0.2, 0) is 19.6 Å². The number of nitrogens with one attached hydrogen (secondary N) is 1. The van der Waals surface area contributed by atoms with Gasteiger partial charge in [-0.3, -0.25) is 19.2 Å². The van der Waals surface area contributed by atoms with Crippen molar-refractivity contribution >= 4 is 16.8 Å². The molecule has 4 rings (SSSR count). The number of hydrogen-bond donors (Lipinski definition) is 1. The summed E-state index contributed by atoms with van der Waals surface area (Å²) in [5.74, 6) is -0.437. The molecule has 1 aromatic heterocycles. The molecule has 6 nitrogen and oxygen atoms in total. The zero-order valence-corrected chi connectivity index (χ0v) is 16.7.